The van der Waals surface area contributed by atoms with E-state index in [-0.39, 0.29) is 22.4 Å². The predicted molar refractivity (Wildman–Crippen MR) is 148 cm³/mol. The van der Waals surface area contributed by atoms with Crippen LogP contribution < -0.4 is 0 Å². The van der Waals surface area contributed by atoms with Crippen molar-refractivity contribution in [3.8, 4) is 0 Å². The van der Waals surface area contributed by atoms with E-state index in [1.165, 1.54) is 69.6 Å². The Labute approximate surface area is 225 Å². The normalized spacial score (nSPS) is 21.4. The van der Waals surface area contributed by atoms with E-state index in [0.29, 0.717) is 64.8 Å². The quantitative estimate of drug-likeness (QED) is 0.206. The fourth-order valence-corrected chi connectivity index (χ4v) is 5.01. The molecule has 1 saturated heterocycles. The van der Waals surface area contributed by atoms with Crippen LogP contribution in [0.3, 0.4) is 0 Å². The topological polar surface area (TPSA) is 71.1 Å². The number of hydrogen-bond acceptors (Lipinski definition) is 6. The zero-order valence-corrected chi connectivity index (χ0v) is 23.8. The third-order valence-corrected chi connectivity index (χ3v) is 7.20. The van der Waals surface area contributed by atoms with Gasteiger partial charge in [-0.15, -0.1) is 0 Å². The molecule has 6 heteroatoms. The van der Waals surface area contributed by atoms with Crippen molar-refractivity contribution < 1.29 is 28.5 Å². The van der Waals surface area contributed by atoms with Gasteiger partial charge < -0.3 is 18.9 Å². The van der Waals surface area contributed by atoms with Crippen LogP contribution in [0.4, 0.5) is 0 Å². The summed E-state index contributed by atoms with van der Waals surface area (Å²) in [5, 5.41) is 0. The molecule has 0 amide bonds. The summed E-state index contributed by atoms with van der Waals surface area (Å²) < 4.78 is 24.0. The highest BCUT2D eigenvalue weighted by atomic mass is 16.5. The highest BCUT2D eigenvalue weighted by molar-refractivity contribution is 6.17. The number of ether oxygens (including phenoxy) is 4. The molecule has 1 aliphatic carbocycles. The molecule has 0 unspecified atom stereocenters. The number of carbonyl (C=O) groups is 2. The largest absolute Gasteiger partial charge is 0.378 e. The second-order valence-electron chi connectivity index (χ2n) is 11.8. The third-order valence-electron chi connectivity index (χ3n) is 7.20. The fraction of sp³-hybridized carbons (Fsp3) is 0.806. The SMILES string of the molecule is CCCCCCCCCCCCC1(CC2=CC(=O)C=CC2=O)COCCOCC(C)(C)COCCOC1. The molecule has 0 aromatic carbocycles. The summed E-state index contributed by atoms with van der Waals surface area (Å²) >= 11 is 0. The van der Waals surface area contributed by atoms with Crippen molar-refractivity contribution in [2.24, 2.45) is 10.8 Å². The van der Waals surface area contributed by atoms with Gasteiger partial charge in [-0.3, -0.25) is 9.59 Å². The van der Waals surface area contributed by atoms with Gasteiger partial charge in [0.05, 0.1) is 52.9 Å². The standard InChI is InChI=1S/C31H52O6/c1-4-5-6-7-8-9-10-11-12-13-16-31(22-27-21-28(32)14-15-29(27)33)25-36-19-17-34-23-30(2,3)24-35-18-20-37-26-31/h14-15,21H,4-13,16-20,22-26H2,1-3H3. The lowest BCUT2D eigenvalue weighted by Gasteiger charge is -2.35. The molecule has 2 aliphatic rings. The predicted octanol–water partition coefficient (Wildman–Crippen LogP) is 6.41. The van der Waals surface area contributed by atoms with Gasteiger partial charge in [0.15, 0.2) is 11.6 Å². The summed E-state index contributed by atoms with van der Waals surface area (Å²) in [7, 11) is 0. The lowest BCUT2D eigenvalue weighted by Crippen LogP contribution is -2.36. The molecule has 0 atom stereocenters. The molecule has 0 radical (unpaired) electrons. The summed E-state index contributed by atoms with van der Waals surface area (Å²) in [6, 6.07) is 0. The average Bonchev–Trinajstić information content (AvgIpc) is 2.86. The van der Waals surface area contributed by atoms with Crippen LogP contribution in [0.5, 0.6) is 0 Å². The Hall–Kier alpha value is -1.34. The van der Waals surface area contributed by atoms with E-state index < -0.39 is 0 Å². The van der Waals surface area contributed by atoms with E-state index >= 15 is 0 Å². The van der Waals surface area contributed by atoms with Crippen molar-refractivity contribution >= 4 is 11.6 Å². The summed E-state index contributed by atoms with van der Waals surface area (Å²) in [6.45, 7) is 10.7. The third kappa shape index (κ3) is 13.9. The van der Waals surface area contributed by atoms with Gasteiger partial charge in [0.2, 0.25) is 0 Å². The number of ketones is 2. The van der Waals surface area contributed by atoms with Crippen molar-refractivity contribution in [2.75, 3.05) is 52.9 Å². The van der Waals surface area contributed by atoms with Crippen LogP contribution in [-0.2, 0) is 28.5 Å². The Morgan fingerprint density at radius 2 is 1.16 bits per heavy atom. The fourth-order valence-electron chi connectivity index (χ4n) is 5.01. The number of allylic oxidation sites excluding steroid dienone is 4. The van der Waals surface area contributed by atoms with Crippen molar-refractivity contribution in [2.45, 2.75) is 97.8 Å². The number of unbranched alkanes of at least 4 members (excludes halogenated alkanes) is 9. The zero-order chi connectivity index (χ0) is 26.8. The van der Waals surface area contributed by atoms with Crippen molar-refractivity contribution in [3.05, 3.63) is 23.8 Å². The second-order valence-corrected chi connectivity index (χ2v) is 11.8. The second kappa shape index (κ2) is 18.0. The van der Waals surface area contributed by atoms with Gasteiger partial charge in [0.1, 0.15) is 0 Å². The number of hydrogen-bond donors (Lipinski definition) is 0. The van der Waals surface area contributed by atoms with Crippen LogP contribution in [0.15, 0.2) is 23.8 Å². The summed E-state index contributed by atoms with van der Waals surface area (Å²) in [5.74, 6) is -0.217. The molecule has 1 fully saturated rings. The van der Waals surface area contributed by atoms with Gasteiger partial charge in [-0.05, 0) is 31.1 Å². The van der Waals surface area contributed by atoms with E-state index in [1.54, 1.807) is 0 Å². The van der Waals surface area contributed by atoms with Gasteiger partial charge in [-0.2, -0.15) is 0 Å². The highest BCUT2D eigenvalue weighted by Crippen LogP contribution is 2.35. The first-order valence-electron chi connectivity index (χ1n) is 14.6. The van der Waals surface area contributed by atoms with Crippen molar-refractivity contribution in [1.82, 2.24) is 0 Å². The molecule has 0 saturated carbocycles. The Balaban J connectivity index is 1.96. The lowest BCUT2D eigenvalue weighted by atomic mass is 9.76. The molecule has 0 aromatic rings. The van der Waals surface area contributed by atoms with Crippen molar-refractivity contribution in [1.29, 1.82) is 0 Å². The monoisotopic (exact) mass is 520 g/mol. The lowest BCUT2D eigenvalue weighted by molar-refractivity contribution is -0.115. The van der Waals surface area contributed by atoms with E-state index in [1.807, 2.05) is 0 Å². The number of rotatable bonds is 13. The van der Waals surface area contributed by atoms with Crippen LogP contribution in [0.1, 0.15) is 97.8 Å². The van der Waals surface area contributed by atoms with Gasteiger partial charge in [-0.25, -0.2) is 0 Å². The molecular weight excluding hydrogens is 468 g/mol. The summed E-state index contributed by atoms with van der Waals surface area (Å²) in [6.07, 6.45) is 18.3. The van der Waals surface area contributed by atoms with E-state index in [0.717, 1.165) is 19.3 Å². The Bertz CT molecular complexity index is 705. The van der Waals surface area contributed by atoms with E-state index in [4.69, 9.17) is 18.9 Å². The van der Waals surface area contributed by atoms with Crippen LogP contribution in [-0.4, -0.2) is 64.4 Å². The molecule has 1 aliphatic heterocycles. The summed E-state index contributed by atoms with van der Waals surface area (Å²) in [5.41, 5.74) is 0.135. The van der Waals surface area contributed by atoms with Crippen LogP contribution in [0.25, 0.3) is 0 Å². The highest BCUT2D eigenvalue weighted by Gasteiger charge is 2.34. The smallest absolute Gasteiger partial charge is 0.182 e. The minimum absolute atomic E-state index is 0.0583. The molecule has 0 spiro atoms. The minimum atomic E-state index is -0.365. The molecular formula is C31H52O6. The summed E-state index contributed by atoms with van der Waals surface area (Å²) in [4.78, 5) is 24.6. The van der Waals surface area contributed by atoms with Crippen molar-refractivity contribution in [3.63, 3.8) is 0 Å². The van der Waals surface area contributed by atoms with Gasteiger partial charge >= 0.3 is 0 Å². The minimum Gasteiger partial charge on any atom is -0.378 e. The molecule has 2 rings (SSSR count). The van der Waals surface area contributed by atoms with E-state index in [2.05, 4.69) is 20.8 Å². The zero-order valence-electron chi connectivity index (χ0n) is 23.8. The maximum Gasteiger partial charge on any atom is 0.182 e. The molecule has 0 N–H and O–H groups in total. The first-order chi connectivity index (χ1) is 17.9. The van der Waals surface area contributed by atoms with Gasteiger partial charge in [-0.1, -0.05) is 85.0 Å². The van der Waals surface area contributed by atoms with Gasteiger partial charge in [0.25, 0.3) is 0 Å². The van der Waals surface area contributed by atoms with Crippen LogP contribution >= 0.6 is 0 Å². The molecule has 37 heavy (non-hydrogen) atoms. The first kappa shape index (κ1) is 31.9. The maximum absolute atomic E-state index is 12.6. The molecule has 1 heterocycles. The first-order valence-corrected chi connectivity index (χ1v) is 14.6. The Morgan fingerprint density at radius 3 is 1.70 bits per heavy atom. The molecule has 0 aromatic heterocycles. The Kier molecular flexibility index (Phi) is 15.5. The van der Waals surface area contributed by atoms with Gasteiger partial charge in [0, 0.05) is 16.4 Å². The molecule has 0 bridgehead atoms. The van der Waals surface area contributed by atoms with Crippen LogP contribution in [0.2, 0.25) is 0 Å². The molecule has 6 nitrogen and oxygen atoms in total. The maximum atomic E-state index is 12.6. The number of carbonyl (C=O) groups excluding carboxylic acids is 2. The van der Waals surface area contributed by atoms with Crippen LogP contribution in [0, 0.1) is 10.8 Å². The van der Waals surface area contributed by atoms with E-state index in [9.17, 15) is 9.59 Å². The average molecular weight is 521 g/mol. The molecule has 212 valence electrons. The Morgan fingerprint density at radius 1 is 0.676 bits per heavy atom.